The highest BCUT2D eigenvalue weighted by Crippen LogP contribution is 2.43. The van der Waals surface area contributed by atoms with E-state index in [9.17, 15) is 19.3 Å². The molecule has 2 fully saturated rings. The van der Waals surface area contributed by atoms with E-state index in [0.717, 1.165) is 63.1 Å². The molecule has 15 heteroatoms. The summed E-state index contributed by atoms with van der Waals surface area (Å²) in [5.41, 5.74) is 4.67. The first kappa shape index (κ1) is 43.4. The number of carboxylic acid groups (broad SMARTS) is 1. The number of hydrogen-bond donors (Lipinski definition) is 2. The van der Waals surface area contributed by atoms with Crippen molar-refractivity contribution in [2.75, 3.05) is 49.3 Å². The monoisotopic (exact) mass is 878 g/mol. The third-order valence-electron chi connectivity index (χ3n) is 9.81. The molecule has 4 aromatic heterocycles. The van der Waals surface area contributed by atoms with Crippen LogP contribution in [0.4, 0.5) is 11.4 Å². The van der Waals surface area contributed by atoms with Crippen molar-refractivity contribution in [3.05, 3.63) is 112 Å². The number of aliphatic hydroxyl groups is 1. The zero-order valence-corrected chi connectivity index (χ0v) is 37.3. The van der Waals surface area contributed by atoms with Gasteiger partial charge in [0, 0.05) is 72.7 Å². The van der Waals surface area contributed by atoms with Crippen LogP contribution < -0.4 is 26.4 Å². The number of hydrogen-bond acceptors (Lipinski definition) is 13. The summed E-state index contributed by atoms with van der Waals surface area (Å²) in [7, 11) is -2.83. The van der Waals surface area contributed by atoms with Crippen molar-refractivity contribution in [2.24, 2.45) is 5.92 Å². The lowest BCUT2D eigenvalue weighted by Gasteiger charge is -2.39. The average Bonchev–Trinajstić information content (AvgIpc) is 3.82. The van der Waals surface area contributed by atoms with Crippen molar-refractivity contribution < 1.29 is 28.4 Å². The van der Waals surface area contributed by atoms with E-state index >= 15 is 0 Å². The number of carbonyl (C=O) groups is 1. The van der Waals surface area contributed by atoms with Gasteiger partial charge in [0.05, 0.1) is 32.1 Å². The molecule has 10 rings (SSSR count). The summed E-state index contributed by atoms with van der Waals surface area (Å²) in [6.45, 7) is 14.1. The van der Waals surface area contributed by atoms with Gasteiger partial charge in [-0.3, -0.25) is 4.79 Å². The normalized spacial score (nSPS) is 14.1. The van der Waals surface area contributed by atoms with Gasteiger partial charge in [-0.2, -0.15) is 0 Å². The van der Waals surface area contributed by atoms with Gasteiger partial charge >= 0.3 is 11.3 Å². The van der Waals surface area contributed by atoms with Crippen molar-refractivity contribution in [2.45, 2.75) is 40.2 Å². The quantitative estimate of drug-likeness (QED) is 0.124. The Bertz CT molecular complexity index is 2980. The molecule has 12 nitrogen and oxygen atoms in total. The number of para-hydroxylation sites is 2. The number of fused-ring (bicyclic) bond motifs is 4. The van der Waals surface area contributed by atoms with Crippen LogP contribution in [0.3, 0.4) is 0 Å². The van der Waals surface area contributed by atoms with Gasteiger partial charge in [-0.05, 0) is 73.8 Å². The standard InChI is InChI=1S/C21H19N2O4PS.C20H16N2O2S.C3H8.C2H4O2/c1-28(2,26)19-14-8-7-12(23-10-13(24)11-23)9-16(14)27-21(25)18(19)20-22-15-5-3-4-6-17(15)29-20;1-12-10-22(11-12)14-7-6-13-8-15(20(23)24-17(13)9-14)19-21-16-4-2-3-5-18(16)25-19;1-3-2;1-2(3)4/h3-9,13,24H,10-11H2,1-2H3;2-9,12H,10-11H2,1H3;3H2,1-2H3;1H3,(H,3,4). The molecule has 0 unspecified atom stereocenters. The number of aliphatic hydroxyl groups excluding tert-OH is 1. The zero-order valence-electron chi connectivity index (χ0n) is 34.7. The fourth-order valence-electron chi connectivity index (χ4n) is 7.11. The minimum Gasteiger partial charge on any atom is -0.481 e. The van der Waals surface area contributed by atoms with Gasteiger partial charge < -0.3 is 33.4 Å². The maximum Gasteiger partial charge on any atom is 0.347 e. The van der Waals surface area contributed by atoms with Crippen molar-refractivity contribution >= 4 is 94.8 Å². The van der Waals surface area contributed by atoms with Gasteiger partial charge in [0.25, 0.3) is 5.97 Å². The molecule has 2 saturated heterocycles. The van der Waals surface area contributed by atoms with Crippen molar-refractivity contribution in [3.8, 4) is 21.1 Å². The highest BCUT2D eigenvalue weighted by Gasteiger charge is 2.29. The first-order valence-corrected chi connectivity index (χ1v) is 24.2. The fourth-order valence-corrected chi connectivity index (χ4v) is 10.7. The summed E-state index contributed by atoms with van der Waals surface area (Å²) in [6.07, 6.45) is 0.918. The summed E-state index contributed by atoms with van der Waals surface area (Å²) < 4.78 is 26.6. The number of thiazole rings is 2. The first-order chi connectivity index (χ1) is 29.1. The van der Waals surface area contributed by atoms with Gasteiger partial charge in [0.15, 0.2) is 0 Å². The molecule has 0 bridgehead atoms. The number of anilines is 2. The summed E-state index contributed by atoms with van der Waals surface area (Å²) in [5, 5.41) is 20.3. The van der Waals surface area contributed by atoms with E-state index < -0.39 is 18.7 Å². The Hall–Kier alpha value is -5.66. The Morgan fingerprint density at radius 1 is 0.770 bits per heavy atom. The highest BCUT2D eigenvalue weighted by atomic mass is 32.1. The molecule has 0 amide bonds. The smallest absolute Gasteiger partial charge is 0.347 e. The number of benzene rings is 4. The van der Waals surface area contributed by atoms with Crippen LogP contribution in [-0.4, -0.2) is 71.8 Å². The Morgan fingerprint density at radius 2 is 1.28 bits per heavy atom. The zero-order chi connectivity index (χ0) is 43.6. The molecule has 4 aromatic carbocycles. The van der Waals surface area contributed by atoms with E-state index in [-0.39, 0.29) is 11.7 Å². The Kier molecular flexibility index (Phi) is 12.9. The molecule has 316 valence electrons. The van der Waals surface area contributed by atoms with Gasteiger partial charge in [0.1, 0.15) is 33.9 Å². The van der Waals surface area contributed by atoms with E-state index in [4.69, 9.17) is 18.7 Å². The predicted octanol–water partition coefficient (Wildman–Crippen LogP) is 9.53. The minimum atomic E-state index is -2.83. The maximum atomic E-state index is 13.3. The Morgan fingerprint density at radius 3 is 1.84 bits per heavy atom. The second kappa shape index (κ2) is 18.1. The molecular formula is C46H47N4O8PS2. The van der Waals surface area contributed by atoms with Crippen LogP contribution in [0.2, 0.25) is 0 Å². The van der Waals surface area contributed by atoms with E-state index in [1.54, 1.807) is 19.4 Å². The van der Waals surface area contributed by atoms with Crippen LogP contribution in [0.5, 0.6) is 0 Å². The van der Waals surface area contributed by atoms with Crippen molar-refractivity contribution in [1.82, 2.24) is 9.97 Å². The Balaban J connectivity index is 0.000000161. The first-order valence-electron chi connectivity index (χ1n) is 20.0. The lowest BCUT2D eigenvalue weighted by atomic mass is 10.0. The van der Waals surface area contributed by atoms with Crippen LogP contribution >= 0.6 is 29.8 Å². The second-order valence-corrected chi connectivity index (χ2v) is 20.8. The third-order valence-corrected chi connectivity index (χ3v) is 13.5. The second-order valence-electron chi connectivity index (χ2n) is 15.6. The van der Waals surface area contributed by atoms with Crippen LogP contribution in [-0.2, 0) is 9.36 Å². The molecule has 8 aromatic rings. The van der Waals surface area contributed by atoms with Gasteiger partial charge in [-0.25, -0.2) is 19.6 Å². The number of rotatable bonds is 5. The van der Waals surface area contributed by atoms with Crippen LogP contribution in [0.15, 0.2) is 109 Å². The van der Waals surface area contributed by atoms with Gasteiger partial charge in [-0.1, -0.05) is 51.5 Å². The van der Waals surface area contributed by atoms with Gasteiger partial charge in [0.2, 0.25) is 0 Å². The molecule has 61 heavy (non-hydrogen) atoms. The van der Waals surface area contributed by atoms with E-state index in [2.05, 4.69) is 41.7 Å². The van der Waals surface area contributed by atoms with Crippen LogP contribution in [0, 0.1) is 5.92 Å². The fraction of sp³-hybridized carbons (Fsp3) is 0.283. The third kappa shape index (κ3) is 9.63. The van der Waals surface area contributed by atoms with E-state index in [1.165, 1.54) is 29.1 Å². The summed E-state index contributed by atoms with van der Waals surface area (Å²) in [4.78, 5) is 48.0. The number of aliphatic carboxylic acids is 1. The van der Waals surface area contributed by atoms with Crippen molar-refractivity contribution in [3.63, 3.8) is 0 Å². The molecule has 6 heterocycles. The predicted molar refractivity (Wildman–Crippen MR) is 250 cm³/mol. The number of aromatic nitrogens is 2. The van der Waals surface area contributed by atoms with Crippen LogP contribution in [0.1, 0.15) is 34.1 Å². The van der Waals surface area contributed by atoms with Crippen LogP contribution in [0.25, 0.3) is 63.5 Å². The molecule has 0 radical (unpaired) electrons. The van der Waals surface area contributed by atoms with E-state index in [0.29, 0.717) is 56.1 Å². The highest BCUT2D eigenvalue weighted by molar-refractivity contribution is 7.71. The number of nitrogens with zero attached hydrogens (tertiary/aromatic N) is 4. The average molecular weight is 879 g/mol. The molecule has 0 saturated carbocycles. The number of carboxylic acids is 1. The summed E-state index contributed by atoms with van der Waals surface area (Å²) in [5.74, 6) is -0.107. The summed E-state index contributed by atoms with van der Waals surface area (Å²) in [6, 6.07) is 29.1. The Labute approximate surface area is 360 Å². The molecule has 0 atom stereocenters. The van der Waals surface area contributed by atoms with E-state index in [1.807, 2.05) is 83.8 Å². The molecule has 2 aliphatic heterocycles. The molecular weight excluding hydrogens is 832 g/mol. The topological polar surface area (TPSA) is 167 Å². The SMILES string of the molecule is CC(=O)O.CC1CN(c2ccc3cc(-c4nc5ccccc5s4)c(=O)oc3c2)C1.CCC.CP(C)(=O)c1c(-c2nc3ccccc3s2)c(=O)oc2cc(N3CC(O)C3)ccc12. The molecule has 2 aliphatic rings. The molecule has 2 N–H and O–H groups in total. The van der Waals surface area contributed by atoms with Crippen molar-refractivity contribution in [1.29, 1.82) is 0 Å². The summed E-state index contributed by atoms with van der Waals surface area (Å²) >= 11 is 2.91. The minimum absolute atomic E-state index is 0.291. The van der Waals surface area contributed by atoms with Gasteiger partial charge in [-0.15, -0.1) is 22.7 Å². The lowest BCUT2D eigenvalue weighted by Crippen LogP contribution is -2.50. The largest absolute Gasteiger partial charge is 0.481 e. The number of β-amino-alcohol motifs (C(OH)–C–C–N with tert-alkyl or cyclic N) is 1. The maximum absolute atomic E-state index is 13.3. The molecule has 0 aliphatic carbocycles. The molecule has 0 spiro atoms. The lowest BCUT2D eigenvalue weighted by molar-refractivity contribution is -0.134.